The van der Waals surface area contributed by atoms with E-state index in [1.807, 2.05) is 67.8 Å². The molecular formula is C34H38N4O4. The Hall–Kier alpha value is -4.30. The van der Waals surface area contributed by atoms with E-state index in [-0.39, 0.29) is 23.7 Å². The van der Waals surface area contributed by atoms with Gasteiger partial charge >= 0.3 is 0 Å². The Kier molecular flexibility index (Phi) is 9.12. The van der Waals surface area contributed by atoms with Gasteiger partial charge in [0.05, 0.1) is 12.8 Å². The minimum atomic E-state index is -0.388. The number of rotatable bonds is 10. The number of hydrogen-bond donors (Lipinski definition) is 1. The molecule has 8 heteroatoms. The molecule has 0 aliphatic carbocycles. The van der Waals surface area contributed by atoms with E-state index in [2.05, 4.69) is 21.5 Å². The number of ether oxygens (including phenoxy) is 1. The summed E-state index contributed by atoms with van der Waals surface area (Å²) in [5.41, 5.74) is 7.47. The lowest BCUT2D eigenvalue weighted by Gasteiger charge is -2.43. The van der Waals surface area contributed by atoms with Crippen molar-refractivity contribution in [1.82, 2.24) is 14.9 Å². The third kappa shape index (κ3) is 6.77. The SMILES string of the molecule is CCOc1ccc(/C=N/NC(=O)C(CC(=O)c2ccccc2)=C(C)C)cc1CN1CC2CC(C1)c1cccc(=O)n1C2. The van der Waals surface area contributed by atoms with Gasteiger partial charge in [0.15, 0.2) is 5.78 Å². The van der Waals surface area contributed by atoms with Gasteiger partial charge in [-0.05, 0) is 62.9 Å². The topological polar surface area (TPSA) is 93.0 Å². The van der Waals surface area contributed by atoms with Crippen molar-refractivity contribution in [2.45, 2.75) is 52.6 Å². The van der Waals surface area contributed by atoms with Crippen LogP contribution in [0.15, 0.2) is 87.8 Å². The molecule has 0 saturated carbocycles. The first-order valence-electron chi connectivity index (χ1n) is 14.6. The van der Waals surface area contributed by atoms with Gasteiger partial charge < -0.3 is 9.30 Å². The van der Waals surface area contributed by atoms with Gasteiger partial charge in [0.1, 0.15) is 5.75 Å². The second-order valence-electron chi connectivity index (χ2n) is 11.3. The van der Waals surface area contributed by atoms with Crippen LogP contribution in [0.25, 0.3) is 0 Å². The van der Waals surface area contributed by atoms with E-state index >= 15 is 0 Å². The maximum atomic E-state index is 12.9. The van der Waals surface area contributed by atoms with Crippen LogP contribution < -0.4 is 15.7 Å². The summed E-state index contributed by atoms with van der Waals surface area (Å²) in [5.74, 6) is 1.10. The van der Waals surface area contributed by atoms with Crippen LogP contribution in [-0.4, -0.2) is 47.1 Å². The molecule has 1 N–H and O–H groups in total. The number of carbonyl (C=O) groups is 2. The number of ketones is 1. The normalized spacial score (nSPS) is 17.9. The average molecular weight is 567 g/mol. The van der Waals surface area contributed by atoms with Gasteiger partial charge in [-0.2, -0.15) is 5.10 Å². The third-order valence-corrected chi connectivity index (χ3v) is 8.02. The molecule has 1 fully saturated rings. The zero-order valence-corrected chi connectivity index (χ0v) is 24.5. The Balaban J connectivity index is 1.26. The van der Waals surface area contributed by atoms with E-state index in [9.17, 15) is 14.4 Å². The number of benzene rings is 2. The number of hydrazone groups is 1. The first-order chi connectivity index (χ1) is 20.3. The maximum Gasteiger partial charge on any atom is 0.267 e. The monoisotopic (exact) mass is 566 g/mol. The highest BCUT2D eigenvalue weighted by molar-refractivity contribution is 6.05. The smallest absolute Gasteiger partial charge is 0.267 e. The van der Waals surface area contributed by atoms with Crippen molar-refractivity contribution in [3.8, 4) is 5.75 Å². The molecule has 1 aromatic heterocycles. The van der Waals surface area contributed by atoms with Crippen LogP contribution in [0.4, 0.5) is 0 Å². The van der Waals surface area contributed by atoms with Crippen LogP contribution in [0, 0.1) is 5.92 Å². The Bertz CT molecular complexity index is 1570. The molecule has 2 bridgehead atoms. The number of pyridine rings is 1. The molecule has 2 aliphatic rings. The molecule has 2 atom stereocenters. The van der Waals surface area contributed by atoms with E-state index in [1.165, 1.54) is 0 Å². The molecule has 8 nitrogen and oxygen atoms in total. The van der Waals surface area contributed by atoms with Gasteiger partial charge in [0, 0.05) is 67.0 Å². The van der Waals surface area contributed by atoms with Crippen LogP contribution in [0.5, 0.6) is 5.75 Å². The molecule has 1 amide bonds. The van der Waals surface area contributed by atoms with Crippen molar-refractivity contribution < 1.29 is 14.3 Å². The largest absolute Gasteiger partial charge is 0.494 e. The van der Waals surface area contributed by atoms with Gasteiger partial charge in [0.2, 0.25) is 0 Å². The van der Waals surface area contributed by atoms with E-state index in [4.69, 9.17) is 4.74 Å². The quantitative estimate of drug-likeness (QED) is 0.163. The molecule has 2 aromatic carbocycles. The summed E-state index contributed by atoms with van der Waals surface area (Å²) in [6.45, 7) is 9.46. The molecule has 1 saturated heterocycles. The Morgan fingerprint density at radius 2 is 1.83 bits per heavy atom. The molecule has 42 heavy (non-hydrogen) atoms. The number of amides is 1. The number of carbonyl (C=O) groups excluding carboxylic acids is 2. The van der Waals surface area contributed by atoms with Crippen LogP contribution >= 0.6 is 0 Å². The van der Waals surface area contributed by atoms with Crippen LogP contribution in [0.1, 0.15) is 66.7 Å². The third-order valence-electron chi connectivity index (χ3n) is 8.02. The zero-order valence-electron chi connectivity index (χ0n) is 24.5. The fraction of sp³-hybridized carbons (Fsp3) is 0.353. The van der Waals surface area contributed by atoms with Crippen molar-refractivity contribution in [2.75, 3.05) is 19.7 Å². The van der Waals surface area contributed by atoms with Gasteiger partial charge in [0.25, 0.3) is 11.5 Å². The first-order valence-corrected chi connectivity index (χ1v) is 14.6. The second kappa shape index (κ2) is 13.1. The number of fused-ring (bicyclic) bond motifs is 4. The summed E-state index contributed by atoms with van der Waals surface area (Å²) in [7, 11) is 0. The van der Waals surface area contributed by atoms with Gasteiger partial charge in [-0.3, -0.25) is 19.3 Å². The molecule has 0 spiro atoms. The van der Waals surface area contributed by atoms with Crippen molar-refractivity contribution in [1.29, 1.82) is 0 Å². The summed E-state index contributed by atoms with van der Waals surface area (Å²) in [6.07, 6.45) is 2.74. The molecule has 2 unspecified atom stereocenters. The van der Waals surface area contributed by atoms with E-state index in [1.54, 1.807) is 24.4 Å². The van der Waals surface area contributed by atoms with Crippen LogP contribution in [0.2, 0.25) is 0 Å². The molecular weight excluding hydrogens is 528 g/mol. The number of piperidine rings is 1. The van der Waals surface area contributed by atoms with Crippen molar-refractivity contribution in [3.63, 3.8) is 0 Å². The Labute approximate surface area is 246 Å². The van der Waals surface area contributed by atoms with Gasteiger partial charge in [-0.1, -0.05) is 42.0 Å². The van der Waals surface area contributed by atoms with E-state index < -0.39 is 0 Å². The first kappa shape index (κ1) is 29.2. The van der Waals surface area contributed by atoms with Crippen LogP contribution in [0.3, 0.4) is 0 Å². The molecule has 0 radical (unpaired) electrons. The van der Waals surface area contributed by atoms with Crippen molar-refractivity contribution >= 4 is 17.9 Å². The molecule has 3 aromatic rings. The number of aromatic nitrogens is 1. The fourth-order valence-electron chi connectivity index (χ4n) is 6.07. The van der Waals surface area contributed by atoms with E-state index in [0.29, 0.717) is 29.6 Å². The summed E-state index contributed by atoms with van der Waals surface area (Å²) >= 11 is 0. The van der Waals surface area contributed by atoms with Gasteiger partial charge in [-0.15, -0.1) is 0 Å². The van der Waals surface area contributed by atoms with E-state index in [0.717, 1.165) is 60.7 Å². The minimum absolute atomic E-state index is 0.0117. The number of likely N-dealkylation sites (tertiary alicyclic amines) is 1. The lowest BCUT2D eigenvalue weighted by Crippen LogP contribution is -2.46. The highest BCUT2D eigenvalue weighted by atomic mass is 16.5. The minimum Gasteiger partial charge on any atom is -0.494 e. The predicted octanol–water partition coefficient (Wildman–Crippen LogP) is 4.93. The molecule has 5 rings (SSSR count). The number of allylic oxidation sites excluding steroid dienone is 1. The number of nitrogens with zero attached hydrogens (tertiary/aromatic N) is 3. The number of hydrogen-bond acceptors (Lipinski definition) is 6. The number of nitrogens with one attached hydrogen (secondary N) is 1. The average Bonchev–Trinajstić information content (AvgIpc) is 2.98. The standard InChI is InChI=1S/C34H38N4O4/c1-4-42-32-14-13-24(18-35-36-34(41)29(23(2)3)17-31(39)26-9-6-5-7-10-26)15-28(32)22-37-19-25-16-27(21-37)30-11-8-12-33(40)38(30)20-25/h5-15,18,25,27H,4,16-17,19-22H2,1-3H3,(H,36,41)/b35-18+. The van der Waals surface area contributed by atoms with Crippen molar-refractivity contribution in [3.05, 3.63) is 111 Å². The summed E-state index contributed by atoms with van der Waals surface area (Å²) < 4.78 is 7.90. The predicted molar refractivity (Wildman–Crippen MR) is 164 cm³/mol. The highest BCUT2D eigenvalue weighted by Gasteiger charge is 2.34. The maximum absolute atomic E-state index is 12.9. The molecule has 218 valence electrons. The summed E-state index contributed by atoms with van der Waals surface area (Å²) in [4.78, 5) is 40.5. The van der Waals surface area contributed by atoms with Crippen LogP contribution in [-0.2, 0) is 17.9 Å². The molecule has 3 heterocycles. The van der Waals surface area contributed by atoms with Crippen molar-refractivity contribution in [2.24, 2.45) is 11.0 Å². The second-order valence-corrected chi connectivity index (χ2v) is 11.3. The molecule has 2 aliphatic heterocycles. The zero-order chi connectivity index (χ0) is 29.6. The highest BCUT2D eigenvalue weighted by Crippen LogP contribution is 2.36. The lowest BCUT2D eigenvalue weighted by molar-refractivity contribution is -0.117. The Morgan fingerprint density at radius 3 is 2.60 bits per heavy atom. The van der Waals surface area contributed by atoms with Gasteiger partial charge in [-0.25, -0.2) is 5.43 Å². The fourth-order valence-corrected chi connectivity index (χ4v) is 6.07. The summed E-state index contributed by atoms with van der Waals surface area (Å²) in [5, 5.41) is 4.21. The number of Topliss-reactive ketones (excluding diaryl/α,β-unsaturated/α-hetero) is 1. The lowest BCUT2D eigenvalue weighted by atomic mass is 9.83. The Morgan fingerprint density at radius 1 is 1.02 bits per heavy atom. The summed E-state index contributed by atoms with van der Waals surface area (Å²) in [6, 6.07) is 20.5.